The Morgan fingerprint density at radius 3 is 3.25 bits per heavy atom. The molecule has 24 heavy (non-hydrogen) atoms. The number of hydrogen-bond acceptors (Lipinski definition) is 7. The van der Waals surface area contributed by atoms with Crippen LogP contribution in [0, 0.1) is 18.3 Å². The number of amides is 1. The molecule has 2 fully saturated rings. The predicted octanol–water partition coefficient (Wildman–Crippen LogP) is 1.41. The molecule has 0 radical (unpaired) electrons. The Balaban J connectivity index is 1.47. The molecule has 0 aliphatic carbocycles. The molecule has 1 amide bonds. The van der Waals surface area contributed by atoms with Gasteiger partial charge in [0.2, 0.25) is 0 Å². The predicted molar refractivity (Wildman–Crippen MR) is 87.0 cm³/mol. The third-order valence-corrected chi connectivity index (χ3v) is 5.31. The van der Waals surface area contributed by atoms with Crippen LogP contribution in [-0.2, 0) is 4.74 Å². The molecule has 0 N–H and O–H groups in total. The van der Waals surface area contributed by atoms with Crippen LogP contribution in [0.3, 0.4) is 0 Å². The summed E-state index contributed by atoms with van der Waals surface area (Å²) in [5.74, 6) is 0.252. The van der Waals surface area contributed by atoms with Gasteiger partial charge in [-0.2, -0.15) is 0 Å². The van der Waals surface area contributed by atoms with Crippen LogP contribution in [0.1, 0.15) is 16.2 Å². The highest BCUT2D eigenvalue weighted by Gasteiger charge is 2.52. The molecule has 0 bridgehead atoms. The van der Waals surface area contributed by atoms with Gasteiger partial charge in [-0.1, -0.05) is 0 Å². The van der Waals surface area contributed by atoms with E-state index >= 15 is 0 Å². The van der Waals surface area contributed by atoms with E-state index in [9.17, 15) is 4.79 Å². The molecule has 4 rings (SSSR count). The second-order valence-electron chi connectivity index (χ2n) is 6.40. The van der Waals surface area contributed by atoms with Crippen LogP contribution in [-0.4, -0.2) is 58.7 Å². The first-order valence-electron chi connectivity index (χ1n) is 7.84. The average Bonchev–Trinajstić information content (AvgIpc) is 3.28. The number of aryl methyl sites for hydroxylation is 1. The van der Waals surface area contributed by atoms with Gasteiger partial charge in [0.1, 0.15) is 12.3 Å². The van der Waals surface area contributed by atoms with Gasteiger partial charge in [-0.05, 0) is 13.0 Å². The zero-order valence-electron chi connectivity index (χ0n) is 13.3. The summed E-state index contributed by atoms with van der Waals surface area (Å²) in [7, 11) is 0. The second kappa shape index (κ2) is 6.10. The summed E-state index contributed by atoms with van der Waals surface area (Å²) in [6.07, 6.45) is 1.69. The van der Waals surface area contributed by atoms with Gasteiger partial charge in [-0.3, -0.25) is 4.79 Å². The maximum atomic E-state index is 12.6. The number of nitrogens with zero attached hydrogens (tertiary/aromatic N) is 4. The molecule has 0 unspecified atom stereocenters. The van der Waals surface area contributed by atoms with Crippen molar-refractivity contribution < 1.29 is 14.3 Å². The monoisotopic (exact) mass is 346 g/mol. The summed E-state index contributed by atoms with van der Waals surface area (Å²) in [4.78, 5) is 27.0. The van der Waals surface area contributed by atoms with Crippen molar-refractivity contribution in [2.45, 2.75) is 6.92 Å². The number of likely N-dealkylation sites (tertiary alicyclic amines) is 1. The number of ether oxygens (including phenoxy) is 2. The highest BCUT2D eigenvalue weighted by atomic mass is 32.1. The number of aromatic nitrogens is 3. The standard InChI is InChI=1S/C16H18N4O3S/c1-11-2-3-17-15(19-11)23-9-16-7-20(4-12(16)5-22-8-16)14(21)13-6-24-10-18-13/h2-3,6,10,12H,4-5,7-9H2,1H3/t12-,16+/m0/s1. The molecule has 126 valence electrons. The fourth-order valence-electron chi connectivity index (χ4n) is 3.37. The lowest BCUT2D eigenvalue weighted by Crippen LogP contribution is -2.38. The van der Waals surface area contributed by atoms with Crippen molar-refractivity contribution in [3.05, 3.63) is 34.5 Å². The fraction of sp³-hybridized carbons (Fsp3) is 0.500. The molecule has 0 saturated carbocycles. The zero-order chi connectivity index (χ0) is 16.6. The molecule has 2 aromatic rings. The summed E-state index contributed by atoms with van der Waals surface area (Å²) < 4.78 is 11.5. The summed E-state index contributed by atoms with van der Waals surface area (Å²) in [6.45, 7) is 4.87. The zero-order valence-corrected chi connectivity index (χ0v) is 14.2. The first kappa shape index (κ1) is 15.5. The first-order chi connectivity index (χ1) is 11.7. The maximum absolute atomic E-state index is 12.6. The molecule has 4 heterocycles. The number of fused-ring (bicyclic) bond motifs is 1. The Morgan fingerprint density at radius 2 is 2.46 bits per heavy atom. The largest absolute Gasteiger partial charge is 0.463 e. The number of carbonyl (C=O) groups excluding carboxylic acids is 1. The lowest BCUT2D eigenvalue weighted by atomic mass is 9.82. The van der Waals surface area contributed by atoms with E-state index in [1.165, 1.54) is 11.3 Å². The molecular formula is C16H18N4O3S. The van der Waals surface area contributed by atoms with Crippen LogP contribution in [0.5, 0.6) is 6.01 Å². The summed E-state index contributed by atoms with van der Waals surface area (Å²) >= 11 is 1.43. The van der Waals surface area contributed by atoms with Crippen LogP contribution in [0.2, 0.25) is 0 Å². The lowest BCUT2D eigenvalue weighted by Gasteiger charge is -2.26. The number of hydrogen-bond donors (Lipinski definition) is 0. The topological polar surface area (TPSA) is 77.4 Å². The Kier molecular flexibility index (Phi) is 3.93. The first-order valence-corrected chi connectivity index (χ1v) is 8.78. The Bertz CT molecular complexity index is 739. The second-order valence-corrected chi connectivity index (χ2v) is 7.12. The summed E-state index contributed by atoms with van der Waals surface area (Å²) in [6, 6.07) is 2.20. The Morgan fingerprint density at radius 1 is 1.54 bits per heavy atom. The van der Waals surface area contributed by atoms with Crippen LogP contribution in [0.25, 0.3) is 0 Å². The van der Waals surface area contributed by atoms with Crippen LogP contribution < -0.4 is 4.74 Å². The van der Waals surface area contributed by atoms with Gasteiger partial charge >= 0.3 is 6.01 Å². The smallest absolute Gasteiger partial charge is 0.316 e. The minimum Gasteiger partial charge on any atom is -0.463 e. The molecule has 0 spiro atoms. The Hall–Kier alpha value is -2.06. The van der Waals surface area contributed by atoms with E-state index in [4.69, 9.17) is 9.47 Å². The van der Waals surface area contributed by atoms with E-state index in [0.29, 0.717) is 44.6 Å². The van der Waals surface area contributed by atoms with E-state index in [0.717, 1.165) is 5.69 Å². The van der Waals surface area contributed by atoms with Gasteiger partial charge in [0.15, 0.2) is 0 Å². The highest BCUT2D eigenvalue weighted by Crippen LogP contribution is 2.42. The maximum Gasteiger partial charge on any atom is 0.316 e. The summed E-state index contributed by atoms with van der Waals surface area (Å²) in [5, 5.41) is 1.79. The molecule has 2 aliphatic heterocycles. The molecule has 2 aliphatic rings. The normalized spacial score (nSPS) is 25.7. The minimum absolute atomic E-state index is 0.0168. The highest BCUT2D eigenvalue weighted by molar-refractivity contribution is 7.07. The van der Waals surface area contributed by atoms with E-state index in [2.05, 4.69) is 15.0 Å². The third-order valence-electron chi connectivity index (χ3n) is 4.72. The third kappa shape index (κ3) is 2.76. The van der Waals surface area contributed by atoms with Crippen molar-refractivity contribution in [1.29, 1.82) is 0 Å². The fourth-order valence-corrected chi connectivity index (χ4v) is 3.90. The molecule has 7 nitrogen and oxygen atoms in total. The van der Waals surface area contributed by atoms with Gasteiger partial charge in [0.05, 0.1) is 24.1 Å². The van der Waals surface area contributed by atoms with Crippen molar-refractivity contribution >= 4 is 17.2 Å². The lowest BCUT2D eigenvalue weighted by molar-refractivity contribution is 0.0646. The van der Waals surface area contributed by atoms with Gasteiger partial charge in [0, 0.05) is 36.3 Å². The van der Waals surface area contributed by atoms with Crippen molar-refractivity contribution in [1.82, 2.24) is 19.9 Å². The van der Waals surface area contributed by atoms with Crippen molar-refractivity contribution in [3.63, 3.8) is 0 Å². The van der Waals surface area contributed by atoms with Gasteiger partial charge in [-0.15, -0.1) is 11.3 Å². The van der Waals surface area contributed by atoms with E-state index in [1.807, 2.05) is 17.9 Å². The minimum atomic E-state index is -0.196. The average molecular weight is 346 g/mol. The molecule has 2 atom stereocenters. The SMILES string of the molecule is Cc1ccnc(OC[C@@]23COC[C@@H]2CN(C(=O)c2cscn2)C3)n1. The van der Waals surface area contributed by atoms with E-state index in [1.54, 1.807) is 17.1 Å². The van der Waals surface area contributed by atoms with Crippen molar-refractivity contribution in [3.8, 4) is 6.01 Å². The molecule has 2 saturated heterocycles. The van der Waals surface area contributed by atoms with Crippen LogP contribution in [0.15, 0.2) is 23.2 Å². The van der Waals surface area contributed by atoms with E-state index in [-0.39, 0.29) is 17.2 Å². The van der Waals surface area contributed by atoms with E-state index < -0.39 is 0 Å². The van der Waals surface area contributed by atoms with Crippen LogP contribution >= 0.6 is 11.3 Å². The number of rotatable bonds is 4. The molecule has 8 heteroatoms. The van der Waals surface area contributed by atoms with Gasteiger partial charge < -0.3 is 14.4 Å². The van der Waals surface area contributed by atoms with Crippen molar-refractivity contribution in [2.75, 3.05) is 32.9 Å². The quantitative estimate of drug-likeness (QED) is 0.833. The Labute approximate surface area is 143 Å². The molecule has 2 aromatic heterocycles. The number of thiazole rings is 1. The molecule has 0 aromatic carbocycles. The van der Waals surface area contributed by atoms with Gasteiger partial charge in [-0.25, -0.2) is 15.0 Å². The molecular weight excluding hydrogens is 328 g/mol. The van der Waals surface area contributed by atoms with Gasteiger partial charge in [0.25, 0.3) is 5.91 Å². The number of carbonyl (C=O) groups is 1. The van der Waals surface area contributed by atoms with Crippen molar-refractivity contribution in [2.24, 2.45) is 11.3 Å². The summed E-state index contributed by atoms with van der Waals surface area (Å²) in [5.41, 5.74) is 2.86. The van der Waals surface area contributed by atoms with Crippen LogP contribution in [0.4, 0.5) is 0 Å².